The van der Waals surface area contributed by atoms with Crippen molar-refractivity contribution in [1.82, 2.24) is 15.1 Å². The van der Waals surface area contributed by atoms with E-state index in [0.717, 1.165) is 56.7 Å². The van der Waals surface area contributed by atoms with Gasteiger partial charge in [-0.05, 0) is 17.5 Å². The van der Waals surface area contributed by atoms with Gasteiger partial charge in [-0.1, -0.05) is 24.3 Å². The van der Waals surface area contributed by atoms with Crippen molar-refractivity contribution in [3.8, 4) is 5.75 Å². The summed E-state index contributed by atoms with van der Waals surface area (Å²) in [7, 11) is 5.59. The molecule has 1 fully saturated rings. The average Bonchev–Trinajstić information content (AvgIpc) is 3.26. The zero-order chi connectivity index (χ0) is 19.8. The van der Waals surface area contributed by atoms with E-state index in [1.54, 1.807) is 7.11 Å². The van der Waals surface area contributed by atoms with Gasteiger partial charge < -0.3 is 19.7 Å². The number of thiophene rings is 1. The molecule has 3 rings (SSSR count). The zero-order valence-corrected chi connectivity index (χ0v) is 17.7. The number of nitrogens with one attached hydrogen (secondary N) is 1. The highest BCUT2D eigenvalue weighted by molar-refractivity contribution is 7.10. The van der Waals surface area contributed by atoms with Crippen molar-refractivity contribution in [2.45, 2.75) is 12.6 Å². The van der Waals surface area contributed by atoms with Gasteiger partial charge >= 0.3 is 0 Å². The number of benzene rings is 1. The summed E-state index contributed by atoms with van der Waals surface area (Å²) in [4.78, 5) is 10.5. The summed E-state index contributed by atoms with van der Waals surface area (Å²) < 4.78 is 11.0. The highest BCUT2D eigenvalue weighted by atomic mass is 32.1. The average molecular weight is 403 g/mol. The van der Waals surface area contributed by atoms with Gasteiger partial charge in [0.15, 0.2) is 5.96 Å². The lowest BCUT2D eigenvalue weighted by molar-refractivity contribution is 0.0176. The van der Waals surface area contributed by atoms with Gasteiger partial charge in [0, 0.05) is 50.7 Å². The normalized spacial score (nSPS) is 16.6. The van der Waals surface area contributed by atoms with Crippen LogP contribution < -0.4 is 10.1 Å². The minimum absolute atomic E-state index is 0.320. The lowest BCUT2D eigenvalue weighted by atomic mass is 10.2. The molecule has 1 aliphatic heterocycles. The Morgan fingerprint density at radius 3 is 2.75 bits per heavy atom. The number of para-hydroxylation sites is 1. The second kappa shape index (κ2) is 10.5. The fourth-order valence-electron chi connectivity index (χ4n) is 3.52. The van der Waals surface area contributed by atoms with Crippen LogP contribution in [0.15, 0.2) is 46.8 Å². The van der Waals surface area contributed by atoms with Crippen LogP contribution in [0.4, 0.5) is 0 Å². The molecule has 152 valence electrons. The van der Waals surface area contributed by atoms with Gasteiger partial charge in [0.2, 0.25) is 0 Å². The number of guanidine groups is 1. The maximum Gasteiger partial charge on any atom is 0.193 e. The van der Waals surface area contributed by atoms with Gasteiger partial charge in [-0.2, -0.15) is 0 Å². The Kier molecular flexibility index (Phi) is 7.71. The Bertz CT molecular complexity index is 745. The first-order valence-electron chi connectivity index (χ1n) is 9.61. The smallest absolute Gasteiger partial charge is 0.193 e. The number of aliphatic imine (C=N–C) groups is 1. The molecule has 1 unspecified atom stereocenters. The Hall–Kier alpha value is -2.09. The Morgan fingerprint density at radius 2 is 2.07 bits per heavy atom. The van der Waals surface area contributed by atoms with Crippen LogP contribution in [0.3, 0.4) is 0 Å². The first-order chi connectivity index (χ1) is 13.7. The Labute approximate surface area is 171 Å². The van der Waals surface area contributed by atoms with E-state index in [9.17, 15) is 0 Å². The highest BCUT2D eigenvalue weighted by Crippen LogP contribution is 2.25. The van der Waals surface area contributed by atoms with Crippen molar-refractivity contribution >= 4 is 17.3 Å². The summed E-state index contributed by atoms with van der Waals surface area (Å²) in [5, 5.41) is 5.72. The molecule has 0 saturated carbocycles. The minimum atomic E-state index is 0.320. The molecule has 1 atom stereocenters. The van der Waals surface area contributed by atoms with Gasteiger partial charge in [0.1, 0.15) is 5.75 Å². The lowest BCUT2D eigenvalue weighted by Crippen LogP contribution is -2.46. The van der Waals surface area contributed by atoms with E-state index in [2.05, 4.69) is 50.7 Å². The van der Waals surface area contributed by atoms with Crippen molar-refractivity contribution in [3.63, 3.8) is 0 Å². The summed E-state index contributed by atoms with van der Waals surface area (Å²) >= 11 is 1.81. The van der Waals surface area contributed by atoms with Crippen molar-refractivity contribution < 1.29 is 9.47 Å². The van der Waals surface area contributed by atoms with E-state index < -0.39 is 0 Å². The number of methoxy groups -OCH3 is 1. The van der Waals surface area contributed by atoms with E-state index in [1.165, 1.54) is 4.88 Å². The van der Waals surface area contributed by atoms with Crippen LogP contribution in [0.1, 0.15) is 16.5 Å². The summed E-state index contributed by atoms with van der Waals surface area (Å²) in [5.74, 6) is 1.77. The van der Waals surface area contributed by atoms with Gasteiger partial charge in [0.05, 0.1) is 26.4 Å². The van der Waals surface area contributed by atoms with Crippen LogP contribution in [-0.4, -0.2) is 69.8 Å². The monoisotopic (exact) mass is 402 g/mol. The molecule has 0 amide bonds. The number of rotatable bonds is 7. The van der Waals surface area contributed by atoms with Gasteiger partial charge in [-0.15, -0.1) is 11.3 Å². The molecule has 1 N–H and O–H groups in total. The van der Waals surface area contributed by atoms with E-state index in [1.807, 2.05) is 36.6 Å². The van der Waals surface area contributed by atoms with Crippen LogP contribution in [-0.2, 0) is 11.3 Å². The molecule has 1 aromatic heterocycles. The summed E-state index contributed by atoms with van der Waals surface area (Å²) in [6.07, 6.45) is 0. The van der Waals surface area contributed by atoms with E-state index in [0.29, 0.717) is 6.04 Å². The van der Waals surface area contributed by atoms with Crippen LogP contribution >= 0.6 is 11.3 Å². The van der Waals surface area contributed by atoms with Gasteiger partial charge in [-0.25, -0.2) is 0 Å². The molecule has 0 spiro atoms. The molecule has 7 heteroatoms. The number of nitrogens with zero attached hydrogens (tertiary/aromatic N) is 3. The molecule has 0 radical (unpaired) electrons. The van der Waals surface area contributed by atoms with Crippen LogP contribution in [0.2, 0.25) is 0 Å². The second-order valence-electron chi connectivity index (χ2n) is 6.78. The predicted octanol–water partition coefficient (Wildman–Crippen LogP) is 2.84. The minimum Gasteiger partial charge on any atom is -0.496 e. The molecule has 28 heavy (non-hydrogen) atoms. The Morgan fingerprint density at radius 1 is 1.29 bits per heavy atom. The lowest BCUT2D eigenvalue weighted by Gasteiger charge is -2.35. The zero-order valence-electron chi connectivity index (χ0n) is 16.9. The summed E-state index contributed by atoms with van der Waals surface area (Å²) in [6, 6.07) is 12.8. The number of morpholine rings is 1. The largest absolute Gasteiger partial charge is 0.496 e. The second-order valence-corrected chi connectivity index (χ2v) is 7.75. The SMILES string of the molecule is CN=C(NCC(c1cccs1)N1CCOCC1)N(C)Cc1ccccc1OC. The fourth-order valence-corrected chi connectivity index (χ4v) is 4.38. The molecule has 1 aliphatic rings. The first kappa shape index (κ1) is 20.6. The highest BCUT2D eigenvalue weighted by Gasteiger charge is 2.24. The first-order valence-corrected chi connectivity index (χ1v) is 10.5. The predicted molar refractivity (Wildman–Crippen MR) is 115 cm³/mol. The molecular weight excluding hydrogens is 372 g/mol. The third-order valence-corrected chi connectivity index (χ3v) is 5.96. The molecule has 1 aromatic carbocycles. The standard InChI is InChI=1S/C21H30N4O2S/c1-22-21(24(2)16-17-7-4-5-8-19(17)26-3)23-15-18(20-9-6-14-28-20)25-10-12-27-13-11-25/h4-9,14,18H,10-13,15-16H2,1-3H3,(H,22,23). The Balaban J connectivity index is 1.65. The quantitative estimate of drug-likeness (QED) is 0.570. The molecule has 2 aromatic rings. The number of ether oxygens (including phenoxy) is 2. The summed E-state index contributed by atoms with van der Waals surface area (Å²) in [5.41, 5.74) is 1.14. The van der Waals surface area contributed by atoms with E-state index in [-0.39, 0.29) is 0 Å². The number of hydrogen-bond donors (Lipinski definition) is 1. The molecule has 0 bridgehead atoms. The molecule has 0 aliphatic carbocycles. The fraction of sp³-hybridized carbons (Fsp3) is 0.476. The molecular formula is C21H30N4O2S. The summed E-state index contributed by atoms with van der Waals surface area (Å²) in [6.45, 7) is 5.04. The number of hydrogen-bond acceptors (Lipinski definition) is 5. The van der Waals surface area contributed by atoms with Gasteiger partial charge in [-0.3, -0.25) is 9.89 Å². The maximum absolute atomic E-state index is 5.54. The molecule has 1 saturated heterocycles. The van der Waals surface area contributed by atoms with Crippen molar-refractivity contribution in [2.75, 3.05) is 54.1 Å². The van der Waals surface area contributed by atoms with Crippen molar-refractivity contribution in [1.29, 1.82) is 0 Å². The third kappa shape index (κ3) is 5.25. The molecule has 2 heterocycles. The van der Waals surface area contributed by atoms with E-state index in [4.69, 9.17) is 9.47 Å². The van der Waals surface area contributed by atoms with Crippen molar-refractivity contribution in [2.24, 2.45) is 4.99 Å². The van der Waals surface area contributed by atoms with Gasteiger partial charge in [0.25, 0.3) is 0 Å². The van der Waals surface area contributed by atoms with Crippen LogP contribution in [0, 0.1) is 0 Å². The van der Waals surface area contributed by atoms with Crippen LogP contribution in [0.25, 0.3) is 0 Å². The van der Waals surface area contributed by atoms with Crippen molar-refractivity contribution in [3.05, 3.63) is 52.2 Å². The van der Waals surface area contributed by atoms with E-state index >= 15 is 0 Å². The maximum atomic E-state index is 5.54. The third-order valence-electron chi connectivity index (χ3n) is 4.98. The topological polar surface area (TPSA) is 49.3 Å². The van der Waals surface area contributed by atoms with Crippen LogP contribution in [0.5, 0.6) is 5.75 Å². The molecule has 6 nitrogen and oxygen atoms in total.